The molecule has 1 aliphatic rings. The van der Waals surface area contributed by atoms with E-state index in [9.17, 15) is 10.1 Å². The van der Waals surface area contributed by atoms with Crippen LogP contribution in [0, 0.1) is 10.1 Å². The van der Waals surface area contributed by atoms with Crippen LogP contribution in [0.3, 0.4) is 0 Å². The topological polar surface area (TPSA) is 75.4 Å². The largest absolute Gasteiger partial charge is 0.393 e. The lowest BCUT2D eigenvalue weighted by atomic mass is 9.89. The molecule has 0 aromatic heterocycles. The van der Waals surface area contributed by atoms with Gasteiger partial charge in [-0.2, -0.15) is 0 Å². The molecule has 0 saturated heterocycles. The fourth-order valence-corrected chi connectivity index (χ4v) is 1.68. The Morgan fingerprint density at radius 3 is 2.67 bits per heavy atom. The lowest BCUT2D eigenvalue weighted by Gasteiger charge is -2.32. The standard InChI is InChI=1S/C10H12N2O3/c13-8-5-7(6-8)11-9-3-1-2-4-10(9)12(14)15/h1-4,7-8,11,13H,5-6H2. The number of nitrogens with zero attached hydrogens (tertiary/aromatic N) is 1. The maximum Gasteiger partial charge on any atom is 0.292 e. The van der Waals surface area contributed by atoms with Crippen LogP contribution in [0.2, 0.25) is 0 Å². The molecule has 0 atom stereocenters. The van der Waals surface area contributed by atoms with Gasteiger partial charge < -0.3 is 10.4 Å². The second-order valence-corrected chi connectivity index (χ2v) is 3.74. The second kappa shape index (κ2) is 3.86. The molecule has 0 spiro atoms. The van der Waals surface area contributed by atoms with E-state index >= 15 is 0 Å². The van der Waals surface area contributed by atoms with Crippen molar-refractivity contribution in [3.63, 3.8) is 0 Å². The van der Waals surface area contributed by atoms with E-state index in [0.29, 0.717) is 18.5 Å². The minimum Gasteiger partial charge on any atom is -0.393 e. The van der Waals surface area contributed by atoms with Crippen molar-refractivity contribution in [3.05, 3.63) is 34.4 Å². The SMILES string of the molecule is O=[N+]([O-])c1ccccc1NC1CC(O)C1. The summed E-state index contributed by atoms with van der Waals surface area (Å²) in [6.45, 7) is 0. The molecule has 5 heteroatoms. The van der Waals surface area contributed by atoms with Crippen molar-refractivity contribution in [1.82, 2.24) is 0 Å². The maximum atomic E-state index is 10.7. The minimum absolute atomic E-state index is 0.0823. The van der Waals surface area contributed by atoms with Crippen LogP contribution in [0.1, 0.15) is 12.8 Å². The Bertz CT molecular complexity index is 375. The zero-order chi connectivity index (χ0) is 10.8. The third-order valence-corrected chi connectivity index (χ3v) is 2.57. The van der Waals surface area contributed by atoms with Crippen molar-refractivity contribution >= 4 is 11.4 Å². The number of aliphatic hydroxyl groups excluding tert-OH is 1. The molecule has 1 aromatic carbocycles. The highest BCUT2D eigenvalue weighted by Gasteiger charge is 2.28. The second-order valence-electron chi connectivity index (χ2n) is 3.74. The van der Waals surface area contributed by atoms with Gasteiger partial charge in [-0.05, 0) is 18.9 Å². The quantitative estimate of drug-likeness (QED) is 0.583. The number of para-hydroxylation sites is 2. The van der Waals surface area contributed by atoms with E-state index in [1.165, 1.54) is 6.07 Å². The van der Waals surface area contributed by atoms with Crippen LogP contribution in [0.25, 0.3) is 0 Å². The van der Waals surface area contributed by atoms with Gasteiger partial charge in [-0.15, -0.1) is 0 Å². The Kier molecular flexibility index (Phi) is 2.55. The molecule has 1 aliphatic carbocycles. The van der Waals surface area contributed by atoms with Crippen LogP contribution in [0.15, 0.2) is 24.3 Å². The highest BCUT2D eigenvalue weighted by molar-refractivity contribution is 5.61. The molecule has 0 amide bonds. The van der Waals surface area contributed by atoms with Crippen LogP contribution in [0.5, 0.6) is 0 Å². The molecular weight excluding hydrogens is 196 g/mol. The number of nitro benzene ring substituents is 1. The van der Waals surface area contributed by atoms with Gasteiger partial charge in [-0.3, -0.25) is 10.1 Å². The highest BCUT2D eigenvalue weighted by atomic mass is 16.6. The summed E-state index contributed by atoms with van der Waals surface area (Å²) in [7, 11) is 0. The molecule has 0 radical (unpaired) electrons. The van der Waals surface area contributed by atoms with Crippen LogP contribution in [-0.2, 0) is 0 Å². The fourth-order valence-electron chi connectivity index (χ4n) is 1.68. The van der Waals surface area contributed by atoms with Gasteiger partial charge in [0.1, 0.15) is 5.69 Å². The Hall–Kier alpha value is -1.62. The van der Waals surface area contributed by atoms with Gasteiger partial charge in [-0.25, -0.2) is 0 Å². The number of rotatable bonds is 3. The van der Waals surface area contributed by atoms with E-state index in [1.807, 2.05) is 0 Å². The maximum absolute atomic E-state index is 10.7. The zero-order valence-corrected chi connectivity index (χ0v) is 8.09. The van der Waals surface area contributed by atoms with Gasteiger partial charge in [0.25, 0.3) is 5.69 Å². The van der Waals surface area contributed by atoms with Crippen molar-refractivity contribution < 1.29 is 10.0 Å². The molecule has 0 unspecified atom stereocenters. The molecule has 1 saturated carbocycles. The summed E-state index contributed by atoms with van der Waals surface area (Å²) < 4.78 is 0. The van der Waals surface area contributed by atoms with Crippen LogP contribution in [-0.4, -0.2) is 22.2 Å². The van der Waals surface area contributed by atoms with Crippen molar-refractivity contribution in [1.29, 1.82) is 0 Å². The summed E-state index contributed by atoms with van der Waals surface area (Å²) >= 11 is 0. The van der Waals surface area contributed by atoms with E-state index in [1.54, 1.807) is 18.2 Å². The Morgan fingerprint density at radius 2 is 2.07 bits per heavy atom. The minimum atomic E-state index is -0.405. The molecule has 2 N–H and O–H groups in total. The fraction of sp³-hybridized carbons (Fsp3) is 0.400. The molecule has 2 rings (SSSR count). The summed E-state index contributed by atoms with van der Waals surface area (Å²) in [4.78, 5) is 10.3. The summed E-state index contributed by atoms with van der Waals surface area (Å²) in [5.41, 5.74) is 0.610. The van der Waals surface area contributed by atoms with Gasteiger partial charge in [0, 0.05) is 12.1 Å². The van der Waals surface area contributed by atoms with Gasteiger partial charge >= 0.3 is 0 Å². The third-order valence-electron chi connectivity index (χ3n) is 2.57. The van der Waals surface area contributed by atoms with E-state index in [-0.39, 0.29) is 17.8 Å². The average molecular weight is 208 g/mol. The number of nitrogens with one attached hydrogen (secondary N) is 1. The van der Waals surface area contributed by atoms with Gasteiger partial charge in [0.05, 0.1) is 11.0 Å². The molecule has 0 heterocycles. The number of benzene rings is 1. The molecule has 5 nitrogen and oxygen atoms in total. The zero-order valence-electron chi connectivity index (χ0n) is 8.09. The average Bonchev–Trinajstić information content (AvgIpc) is 2.16. The lowest BCUT2D eigenvalue weighted by Crippen LogP contribution is -2.39. The van der Waals surface area contributed by atoms with E-state index in [2.05, 4.69) is 5.32 Å². The van der Waals surface area contributed by atoms with E-state index < -0.39 is 4.92 Å². The first-order valence-electron chi connectivity index (χ1n) is 4.85. The third kappa shape index (κ3) is 2.07. The van der Waals surface area contributed by atoms with Gasteiger partial charge in [0.15, 0.2) is 0 Å². The monoisotopic (exact) mass is 208 g/mol. The Morgan fingerprint density at radius 1 is 1.40 bits per heavy atom. The number of nitro groups is 1. The first-order chi connectivity index (χ1) is 7.16. The van der Waals surface area contributed by atoms with Gasteiger partial charge in [0.2, 0.25) is 0 Å². The molecule has 80 valence electrons. The molecular formula is C10H12N2O3. The summed E-state index contributed by atoms with van der Waals surface area (Å²) in [5.74, 6) is 0. The first-order valence-corrected chi connectivity index (χ1v) is 4.85. The predicted octanol–water partition coefficient (Wildman–Crippen LogP) is 1.53. The Balaban J connectivity index is 2.10. The number of aliphatic hydroxyl groups is 1. The van der Waals surface area contributed by atoms with E-state index in [0.717, 1.165) is 0 Å². The predicted molar refractivity (Wildman–Crippen MR) is 55.7 cm³/mol. The molecule has 1 fully saturated rings. The summed E-state index contributed by atoms with van der Waals surface area (Å²) in [6.07, 6.45) is 1.06. The molecule has 0 bridgehead atoms. The number of anilines is 1. The lowest BCUT2D eigenvalue weighted by molar-refractivity contribution is -0.384. The van der Waals surface area contributed by atoms with Crippen molar-refractivity contribution in [2.45, 2.75) is 25.0 Å². The van der Waals surface area contributed by atoms with Gasteiger partial charge in [-0.1, -0.05) is 12.1 Å². The van der Waals surface area contributed by atoms with Crippen molar-refractivity contribution in [2.24, 2.45) is 0 Å². The Labute approximate surface area is 86.9 Å². The molecule has 0 aliphatic heterocycles. The number of hydrogen-bond acceptors (Lipinski definition) is 4. The normalized spacial score (nSPS) is 24.3. The van der Waals surface area contributed by atoms with Crippen LogP contribution >= 0.6 is 0 Å². The molecule has 1 aromatic rings. The summed E-state index contributed by atoms with van der Waals surface area (Å²) in [5, 5.41) is 22.8. The summed E-state index contributed by atoms with van der Waals surface area (Å²) in [6, 6.07) is 6.70. The number of hydrogen-bond donors (Lipinski definition) is 2. The highest BCUT2D eigenvalue weighted by Crippen LogP contribution is 2.29. The van der Waals surface area contributed by atoms with Crippen molar-refractivity contribution in [3.8, 4) is 0 Å². The van der Waals surface area contributed by atoms with E-state index in [4.69, 9.17) is 5.11 Å². The molecule has 15 heavy (non-hydrogen) atoms. The van der Waals surface area contributed by atoms with Crippen molar-refractivity contribution in [2.75, 3.05) is 5.32 Å². The smallest absolute Gasteiger partial charge is 0.292 e. The van der Waals surface area contributed by atoms with Crippen LogP contribution < -0.4 is 5.32 Å². The first kappa shape index (κ1) is 9.92. The van der Waals surface area contributed by atoms with Crippen LogP contribution in [0.4, 0.5) is 11.4 Å².